The van der Waals surface area contributed by atoms with Gasteiger partial charge in [-0.1, -0.05) is 26.0 Å². The van der Waals surface area contributed by atoms with Crippen molar-refractivity contribution >= 4 is 10.9 Å². The Morgan fingerprint density at radius 2 is 2.04 bits per heavy atom. The van der Waals surface area contributed by atoms with Gasteiger partial charge in [-0.15, -0.1) is 0 Å². The number of aromatic amines is 1. The summed E-state index contributed by atoms with van der Waals surface area (Å²) in [5.74, 6) is 1.53. The van der Waals surface area contributed by atoms with E-state index < -0.39 is 0 Å². The maximum Gasteiger partial charge on any atom is 0.259 e. The lowest BCUT2D eigenvalue weighted by molar-refractivity contribution is 0.272. The SMILES string of the molecule is CC(C)COc1ccccc1-c1nc2ccc(C#N)cc2c(=O)[nH]1. The third-order valence-corrected chi connectivity index (χ3v) is 3.55. The van der Waals surface area contributed by atoms with Gasteiger partial charge in [0.2, 0.25) is 0 Å². The Bertz CT molecular complexity index is 984. The highest BCUT2D eigenvalue weighted by molar-refractivity contribution is 5.81. The number of hydrogen-bond donors (Lipinski definition) is 1. The lowest BCUT2D eigenvalue weighted by atomic mass is 10.1. The Morgan fingerprint density at radius 3 is 2.79 bits per heavy atom. The molecule has 3 rings (SSSR count). The summed E-state index contributed by atoms with van der Waals surface area (Å²) in [6, 6.07) is 14.4. The number of nitrogens with zero attached hydrogens (tertiary/aromatic N) is 2. The predicted molar refractivity (Wildman–Crippen MR) is 92.8 cm³/mol. The van der Waals surface area contributed by atoms with Crippen molar-refractivity contribution in [2.45, 2.75) is 13.8 Å². The zero-order chi connectivity index (χ0) is 17.1. The van der Waals surface area contributed by atoms with E-state index in [1.54, 1.807) is 18.2 Å². The van der Waals surface area contributed by atoms with Crippen molar-refractivity contribution in [3.8, 4) is 23.2 Å². The molecule has 24 heavy (non-hydrogen) atoms. The largest absolute Gasteiger partial charge is 0.493 e. The smallest absolute Gasteiger partial charge is 0.259 e. The summed E-state index contributed by atoms with van der Waals surface area (Å²) in [5.41, 5.74) is 1.45. The van der Waals surface area contributed by atoms with E-state index in [1.165, 1.54) is 0 Å². The Kier molecular flexibility index (Phi) is 4.30. The Hall–Kier alpha value is -3.13. The minimum absolute atomic E-state index is 0.272. The maximum atomic E-state index is 12.4. The van der Waals surface area contributed by atoms with E-state index >= 15 is 0 Å². The third-order valence-electron chi connectivity index (χ3n) is 3.55. The van der Waals surface area contributed by atoms with Crippen molar-refractivity contribution in [3.05, 3.63) is 58.4 Å². The van der Waals surface area contributed by atoms with Crippen LogP contribution in [0.2, 0.25) is 0 Å². The molecule has 1 aromatic heterocycles. The molecular formula is C19H17N3O2. The van der Waals surface area contributed by atoms with Gasteiger partial charge in [0.1, 0.15) is 11.6 Å². The molecule has 120 valence electrons. The molecule has 1 heterocycles. The van der Waals surface area contributed by atoms with Gasteiger partial charge >= 0.3 is 0 Å². The number of fused-ring (bicyclic) bond motifs is 1. The average molecular weight is 319 g/mol. The molecule has 0 aliphatic rings. The second-order valence-corrected chi connectivity index (χ2v) is 5.96. The molecule has 0 amide bonds. The molecule has 2 aromatic carbocycles. The number of nitrogens with one attached hydrogen (secondary N) is 1. The van der Waals surface area contributed by atoms with Crippen LogP contribution in [-0.4, -0.2) is 16.6 Å². The number of hydrogen-bond acceptors (Lipinski definition) is 4. The monoisotopic (exact) mass is 319 g/mol. The number of benzene rings is 2. The van der Waals surface area contributed by atoms with Crippen LogP contribution in [0.15, 0.2) is 47.3 Å². The predicted octanol–water partition coefficient (Wildman–Crippen LogP) is 3.50. The molecule has 0 atom stereocenters. The van der Waals surface area contributed by atoms with E-state index in [1.807, 2.05) is 30.3 Å². The maximum absolute atomic E-state index is 12.4. The van der Waals surface area contributed by atoms with Gasteiger partial charge < -0.3 is 9.72 Å². The Labute approximate surface area is 139 Å². The summed E-state index contributed by atoms with van der Waals surface area (Å²) in [5, 5.41) is 9.36. The van der Waals surface area contributed by atoms with Crippen LogP contribution in [0.25, 0.3) is 22.3 Å². The average Bonchev–Trinajstić information content (AvgIpc) is 2.59. The first-order valence-corrected chi connectivity index (χ1v) is 7.75. The molecule has 0 fully saturated rings. The summed E-state index contributed by atoms with van der Waals surface area (Å²) in [4.78, 5) is 19.7. The first kappa shape index (κ1) is 15.8. The number of nitriles is 1. The second kappa shape index (κ2) is 6.55. The van der Waals surface area contributed by atoms with Crippen LogP contribution in [0, 0.1) is 17.2 Å². The van der Waals surface area contributed by atoms with Gasteiger partial charge in [-0.05, 0) is 36.2 Å². The fraction of sp³-hybridized carbons (Fsp3) is 0.211. The van der Waals surface area contributed by atoms with Gasteiger partial charge in [0, 0.05) is 0 Å². The molecule has 5 nitrogen and oxygen atoms in total. The van der Waals surface area contributed by atoms with Gasteiger partial charge in [-0.3, -0.25) is 4.79 Å². The fourth-order valence-corrected chi connectivity index (χ4v) is 2.38. The molecule has 0 bridgehead atoms. The lowest BCUT2D eigenvalue weighted by Crippen LogP contribution is -2.11. The quantitative estimate of drug-likeness (QED) is 0.798. The topological polar surface area (TPSA) is 78.8 Å². The van der Waals surface area contributed by atoms with Crippen LogP contribution >= 0.6 is 0 Å². The number of H-pyrrole nitrogens is 1. The number of ether oxygens (including phenoxy) is 1. The number of aromatic nitrogens is 2. The number of rotatable bonds is 4. The van der Waals surface area contributed by atoms with Crippen molar-refractivity contribution in [1.82, 2.24) is 9.97 Å². The summed E-state index contributed by atoms with van der Waals surface area (Å²) in [7, 11) is 0. The summed E-state index contributed by atoms with van der Waals surface area (Å²) < 4.78 is 5.84. The molecule has 0 aliphatic heterocycles. The molecule has 5 heteroatoms. The molecule has 0 unspecified atom stereocenters. The highest BCUT2D eigenvalue weighted by atomic mass is 16.5. The molecule has 0 saturated carbocycles. The second-order valence-electron chi connectivity index (χ2n) is 5.96. The van der Waals surface area contributed by atoms with Crippen LogP contribution in [0.5, 0.6) is 5.75 Å². The van der Waals surface area contributed by atoms with Crippen LogP contribution < -0.4 is 10.3 Å². The molecule has 0 radical (unpaired) electrons. The van der Waals surface area contributed by atoms with Crippen molar-refractivity contribution in [1.29, 1.82) is 5.26 Å². The molecule has 0 spiro atoms. The minimum Gasteiger partial charge on any atom is -0.493 e. The highest BCUT2D eigenvalue weighted by Crippen LogP contribution is 2.27. The third kappa shape index (κ3) is 3.13. The lowest BCUT2D eigenvalue weighted by Gasteiger charge is -2.13. The molecule has 0 aliphatic carbocycles. The van der Waals surface area contributed by atoms with Gasteiger partial charge in [-0.2, -0.15) is 5.26 Å². The molecule has 0 saturated heterocycles. The van der Waals surface area contributed by atoms with Crippen LogP contribution in [0.3, 0.4) is 0 Å². The van der Waals surface area contributed by atoms with Crippen LogP contribution in [0.4, 0.5) is 0 Å². The van der Waals surface area contributed by atoms with E-state index in [9.17, 15) is 4.79 Å². The Balaban J connectivity index is 2.11. The first-order chi connectivity index (χ1) is 11.6. The summed E-state index contributed by atoms with van der Waals surface area (Å²) in [6.45, 7) is 4.73. The minimum atomic E-state index is -0.272. The van der Waals surface area contributed by atoms with Gasteiger partial charge in [0.05, 0.1) is 34.7 Å². The van der Waals surface area contributed by atoms with Crippen LogP contribution in [0.1, 0.15) is 19.4 Å². The van der Waals surface area contributed by atoms with E-state index in [4.69, 9.17) is 10.00 Å². The van der Waals surface area contributed by atoms with Gasteiger partial charge in [0.15, 0.2) is 0 Å². The highest BCUT2D eigenvalue weighted by Gasteiger charge is 2.11. The van der Waals surface area contributed by atoms with Crippen molar-refractivity contribution in [2.24, 2.45) is 5.92 Å². The van der Waals surface area contributed by atoms with Crippen molar-refractivity contribution in [2.75, 3.05) is 6.61 Å². The first-order valence-electron chi connectivity index (χ1n) is 7.75. The van der Waals surface area contributed by atoms with Gasteiger partial charge in [0.25, 0.3) is 5.56 Å². The van der Waals surface area contributed by atoms with Crippen molar-refractivity contribution in [3.63, 3.8) is 0 Å². The Morgan fingerprint density at radius 1 is 1.25 bits per heavy atom. The summed E-state index contributed by atoms with van der Waals surface area (Å²) >= 11 is 0. The fourth-order valence-electron chi connectivity index (χ4n) is 2.38. The molecular weight excluding hydrogens is 302 g/mol. The normalized spacial score (nSPS) is 10.8. The zero-order valence-electron chi connectivity index (χ0n) is 13.5. The number of para-hydroxylation sites is 1. The van der Waals surface area contributed by atoms with E-state index in [-0.39, 0.29) is 5.56 Å². The van der Waals surface area contributed by atoms with E-state index in [0.717, 1.165) is 5.56 Å². The van der Waals surface area contributed by atoms with Crippen molar-refractivity contribution < 1.29 is 4.74 Å². The van der Waals surface area contributed by atoms with E-state index in [0.29, 0.717) is 40.6 Å². The molecule has 1 N–H and O–H groups in total. The van der Waals surface area contributed by atoms with E-state index in [2.05, 4.69) is 23.8 Å². The van der Waals surface area contributed by atoms with Crippen LogP contribution in [-0.2, 0) is 0 Å². The molecule has 3 aromatic rings. The zero-order valence-corrected chi connectivity index (χ0v) is 13.5. The van der Waals surface area contributed by atoms with Gasteiger partial charge in [-0.25, -0.2) is 4.98 Å². The summed E-state index contributed by atoms with van der Waals surface area (Å²) in [6.07, 6.45) is 0. The standard InChI is InChI=1S/C19H17N3O2/c1-12(2)11-24-17-6-4-3-5-14(17)18-21-16-8-7-13(10-20)9-15(16)19(23)22-18/h3-9,12H,11H2,1-2H3,(H,21,22,23).